The number of carboxylic acids is 1. The van der Waals surface area contributed by atoms with Gasteiger partial charge in [-0.2, -0.15) is 0 Å². The zero-order valence-corrected chi connectivity index (χ0v) is 15.5. The van der Waals surface area contributed by atoms with Crippen LogP contribution in [-0.2, 0) is 9.59 Å². The second-order valence-electron chi connectivity index (χ2n) is 5.53. The summed E-state index contributed by atoms with van der Waals surface area (Å²) in [6.07, 6.45) is 3.18. The molecule has 1 aromatic heterocycles. The maximum absolute atomic E-state index is 12.4. The first-order valence-electron chi connectivity index (χ1n) is 7.86. The van der Waals surface area contributed by atoms with Gasteiger partial charge in [-0.3, -0.25) is 14.5 Å². The summed E-state index contributed by atoms with van der Waals surface area (Å²) in [5, 5.41) is 11.5. The van der Waals surface area contributed by atoms with Gasteiger partial charge in [-0.05, 0) is 36.4 Å². The van der Waals surface area contributed by atoms with Gasteiger partial charge in [-0.1, -0.05) is 24.0 Å². The van der Waals surface area contributed by atoms with Gasteiger partial charge in [0.05, 0.1) is 16.7 Å². The summed E-state index contributed by atoms with van der Waals surface area (Å²) in [6.45, 7) is 0.152. The highest BCUT2D eigenvalue weighted by molar-refractivity contribution is 8.26. The minimum Gasteiger partial charge on any atom is -0.478 e. The Morgan fingerprint density at radius 2 is 2.00 bits per heavy atom. The smallest absolute Gasteiger partial charge is 0.335 e. The number of thioether (sulfide) groups is 1. The highest BCUT2D eigenvalue weighted by Crippen LogP contribution is 2.32. The van der Waals surface area contributed by atoms with Crippen LogP contribution in [0.15, 0.2) is 52.0 Å². The van der Waals surface area contributed by atoms with Crippen molar-refractivity contribution in [3.05, 3.63) is 58.9 Å². The summed E-state index contributed by atoms with van der Waals surface area (Å²) < 4.78 is 5.58. The topological polar surface area (TPSA) is 99.9 Å². The molecule has 7 nitrogen and oxygen atoms in total. The molecule has 0 atom stereocenters. The fraction of sp³-hybridized carbons (Fsp3) is 0.111. The first kappa shape index (κ1) is 18.9. The fourth-order valence-corrected chi connectivity index (χ4v) is 3.62. The molecule has 1 fully saturated rings. The van der Waals surface area contributed by atoms with E-state index in [-0.39, 0.29) is 30.3 Å². The van der Waals surface area contributed by atoms with Crippen molar-refractivity contribution in [1.29, 1.82) is 0 Å². The number of carbonyl (C=O) groups is 3. The molecule has 0 saturated carbocycles. The Morgan fingerprint density at radius 3 is 2.63 bits per heavy atom. The lowest BCUT2D eigenvalue weighted by Crippen LogP contribution is -2.31. The maximum atomic E-state index is 12.4. The molecule has 9 heteroatoms. The maximum Gasteiger partial charge on any atom is 0.335 e. The van der Waals surface area contributed by atoms with Gasteiger partial charge in [-0.25, -0.2) is 4.79 Å². The summed E-state index contributed by atoms with van der Waals surface area (Å²) in [6, 6.07) is 9.27. The van der Waals surface area contributed by atoms with E-state index in [1.165, 1.54) is 35.4 Å². The number of carbonyl (C=O) groups excluding carboxylic acids is 2. The van der Waals surface area contributed by atoms with E-state index in [1.807, 2.05) is 0 Å². The number of nitrogens with zero attached hydrogens (tertiary/aromatic N) is 1. The molecule has 0 spiro atoms. The molecule has 3 rings (SSSR count). The third-order valence-corrected chi connectivity index (χ3v) is 5.05. The average Bonchev–Trinajstić information content (AvgIpc) is 3.23. The van der Waals surface area contributed by atoms with E-state index in [0.717, 1.165) is 11.8 Å². The SMILES string of the molecule is O=C(CCN1C(=O)/C(=C\c2ccco2)SC1=S)Nc1ccc(C(=O)O)cc1. The first-order chi connectivity index (χ1) is 12.9. The standard InChI is InChI=1S/C18H14N2O5S2/c21-15(19-12-5-3-11(4-6-12)17(23)24)7-8-20-16(22)14(27-18(20)26)10-13-2-1-9-25-13/h1-6,9-10H,7-8H2,(H,19,21)(H,23,24)/b14-10+. The number of nitrogens with one attached hydrogen (secondary N) is 1. The van der Waals surface area contributed by atoms with Crippen molar-refractivity contribution in [3.63, 3.8) is 0 Å². The minimum atomic E-state index is -1.04. The highest BCUT2D eigenvalue weighted by Gasteiger charge is 2.32. The normalized spacial score (nSPS) is 15.4. The van der Waals surface area contributed by atoms with Crippen LogP contribution in [0.1, 0.15) is 22.5 Å². The van der Waals surface area contributed by atoms with Crippen LogP contribution in [0.3, 0.4) is 0 Å². The molecule has 2 aromatic rings. The molecular weight excluding hydrogens is 388 g/mol. The average molecular weight is 402 g/mol. The van der Waals surface area contributed by atoms with E-state index in [2.05, 4.69) is 5.32 Å². The van der Waals surface area contributed by atoms with Crippen molar-refractivity contribution < 1.29 is 23.9 Å². The van der Waals surface area contributed by atoms with E-state index in [9.17, 15) is 14.4 Å². The molecule has 1 aliphatic heterocycles. The van der Waals surface area contributed by atoms with Gasteiger partial charge in [0, 0.05) is 24.7 Å². The number of hydrogen-bond acceptors (Lipinski definition) is 6. The molecular formula is C18H14N2O5S2. The van der Waals surface area contributed by atoms with E-state index in [4.69, 9.17) is 21.7 Å². The second-order valence-corrected chi connectivity index (χ2v) is 7.21. The van der Waals surface area contributed by atoms with Crippen LogP contribution in [0.4, 0.5) is 5.69 Å². The van der Waals surface area contributed by atoms with Crippen LogP contribution in [0.5, 0.6) is 0 Å². The van der Waals surface area contributed by atoms with Gasteiger partial charge < -0.3 is 14.8 Å². The molecule has 138 valence electrons. The summed E-state index contributed by atoms with van der Waals surface area (Å²) in [7, 11) is 0. The number of thiocarbonyl (C=S) groups is 1. The van der Waals surface area contributed by atoms with Gasteiger partial charge in [-0.15, -0.1) is 0 Å². The van der Waals surface area contributed by atoms with Gasteiger partial charge in [0.2, 0.25) is 5.91 Å². The lowest BCUT2D eigenvalue weighted by Gasteiger charge is -2.14. The molecule has 1 aromatic carbocycles. The van der Waals surface area contributed by atoms with Gasteiger partial charge >= 0.3 is 5.97 Å². The van der Waals surface area contributed by atoms with Crippen LogP contribution in [0.2, 0.25) is 0 Å². The molecule has 0 aliphatic carbocycles. The number of anilines is 1. The van der Waals surface area contributed by atoms with E-state index in [0.29, 0.717) is 20.7 Å². The minimum absolute atomic E-state index is 0.0567. The Morgan fingerprint density at radius 1 is 1.26 bits per heavy atom. The van der Waals surface area contributed by atoms with Crippen molar-refractivity contribution in [2.24, 2.45) is 0 Å². The Bertz CT molecular complexity index is 920. The van der Waals surface area contributed by atoms with Crippen molar-refractivity contribution >= 4 is 57.8 Å². The van der Waals surface area contributed by atoms with Crippen molar-refractivity contribution in [1.82, 2.24) is 4.90 Å². The lowest BCUT2D eigenvalue weighted by molar-refractivity contribution is -0.122. The summed E-state index contributed by atoms with van der Waals surface area (Å²) >= 11 is 6.38. The second kappa shape index (κ2) is 8.19. The van der Waals surface area contributed by atoms with E-state index in [1.54, 1.807) is 18.2 Å². The fourth-order valence-electron chi connectivity index (χ4n) is 2.33. The Hall–Kier alpha value is -2.91. The molecule has 0 radical (unpaired) electrons. The molecule has 2 heterocycles. The molecule has 1 saturated heterocycles. The Balaban J connectivity index is 1.56. The quantitative estimate of drug-likeness (QED) is 0.565. The number of rotatable bonds is 6. The van der Waals surface area contributed by atoms with Crippen LogP contribution in [0, 0.1) is 0 Å². The summed E-state index contributed by atoms with van der Waals surface area (Å²) in [5.41, 5.74) is 0.613. The van der Waals surface area contributed by atoms with Crippen molar-refractivity contribution in [2.75, 3.05) is 11.9 Å². The molecule has 2 N–H and O–H groups in total. The predicted octanol–water partition coefficient (Wildman–Crippen LogP) is 3.21. The van der Waals surface area contributed by atoms with E-state index >= 15 is 0 Å². The number of hydrogen-bond donors (Lipinski definition) is 2. The highest BCUT2D eigenvalue weighted by atomic mass is 32.2. The number of aromatic carboxylic acids is 1. The number of furan rings is 1. The third kappa shape index (κ3) is 4.63. The molecule has 27 heavy (non-hydrogen) atoms. The Labute approximate surface area is 164 Å². The third-order valence-electron chi connectivity index (χ3n) is 3.67. The summed E-state index contributed by atoms with van der Waals surface area (Å²) in [5.74, 6) is -1.05. The van der Waals surface area contributed by atoms with Crippen LogP contribution in [-0.4, -0.2) is 38.7 Å². The largest absolute Gasteiger partial charge is 0.478 e. The monoisotopic (exact) mass is 402 g/mol. The molecule has 1 aliphatic rings. The predicted molar refractivity (Wildman–Crippen MR) is 105 cm³/mol. The summed E-state index contributed by atoms with van der Waals surface area (Å²) in [4.78, 5) is 37.2. The number of amides is 2. The number of benzene rings is 1. The lowest BCUT2D eigenvalue weighted by atomic mass is 10.2. The van der Waals surface area contributed by atoms with Crippen molar-refractivity contribution in [3.8, 4) is 0 Å². The zero-order valence-electron chi connectivity index (χ0n) is 13.9. The zero-order chi connectivity index (χ0) is 19.4. The first-order valence-corrected chi connectivity index (χ1v) is 9.08. The molecule has 2 amide bonds. The van der Waals surface area contributed by atoms with Crippen LogP contribution in [0.25, 0.3) is 6.08 Å². The van der Waals surface area contributed by atoms with Gasteiger partial charge in [0.25, 0.3) is 5.91 Å². The Kier molecular flexibility index (Phi) is 5.72. The van der Waals surface area contributed by atoms with Gasteiger partial charge in [0.1, 0.15) is 10.1 Å². The van der Waals surface area contributed by atoms with E-state index < -0.39 is 5.97 Å². The molecule has 0 unspecified atom stereocenters. The van der Waals surface area contributed by atoms with Gasteiger partial charge in [0.15, 0.2) is 0 Å². The van der Waals surface area contributed by atoms with Crippen LogP contribution >= 0.6 is 24.0 Å². The molecule has 0 bridgehead atoms. The van der Waals surface area contributed by atoms with Crippen LogP contribution < -0.4 is 5.32 Å². The van der Waals surface area contributed by atoms with Crippen molar-refractivity contribution in [2.45, 2.75) is 6.42 Å². The number of carboxylic acid groups (broad SMARTS) is 1.